The standard InChI is InChI=1S/C15H26N2O3/c1-10(15(19)20-3)9-17(2)14(18)8-11-6-12-4-5-13(7-11)16-12/h10-13,16H,4-9H2,1-3H3. The molecule has 5 nitrogen and oxygen atoms in total. The van der Waals surface area contributed by atoms with Gasteiger partial charge in [0.15, 0.2) is 0 Å². The van der Waals surface area contributed by atoms with Crippen molar-refractivity contribution < 1.29 is 14.3 Å². The molecule has 0 aromatic rings. The summed E-state index contributed by atoms with van der Waals surface area (Å²) in [6.45, 7) is 2.23. The highest BCUT2D eigenvalue weighted by atomic mass is 16.5. The van der Waals surface area contributed by atoms with Crippen LogP contribution in [0.4, 0.5) is 0 Å². The lowest BCUT2D eigenvalue weighted by molar-refractivity contribution is -0.146. The monoisotopic (exact) mass is 282 g/mol. The van der Waals surface area contributed by atoms with Gasteiger partial charge >= 0.3 is 5.97 Å². The van der Waals surface area contributed by atoms with Crippen LogP contribution in [0.1, 0.15) is 39.0 Å². The fourth-order valence-corrected chi connectivity index (χ4v) is 3.53. The van der Waals surface area contributed by atoms with E-state index >= 15 is 0 Å². The third-order valence-corrected chi connectivity index (χ3v) is 4.61. The number of nitrogens with one attached hydrogen (secondary N) is 1. The lowest BCUT2D eigenvalue weighted by Gasteiger charge is -2.30. The molecule has 0 aromatic heterocycles. The van der Waals surface area contributed by atoms with Gasteiger partial charge in [0.2, 0.25) is 5.91 Å². The predicted octanol–water partition coefficient (Wildman–Crippen LogP) is 1.17. The molecule has 0 aromatic carbocycles. The van der Waals surface area contributed by atoms with Gasteiger partial charge in [-0.25, -0.2) is 0 Å². The molecule has 2 heterocycles. The first kappa shape index (κ1) is 15.3. The second-order valence-electron chi connectivity index (χ2n) is 6.38. The van der Waals surface area contributed by atoms with Crippen molar-refractivity contribution in [1.29, 1.82) is 0 Å². The average Bonchev–Trinajstić information content (AvgIpc) is 2.76. The van der Waals surface area contributed by atoms with Crippen molar-refractivity contribution >= 4 is 11.9 Å². The van der Waals surface area contributed by atoms with Crippen LogP contribution < -0.4 is 5.32 Å². The van der Waals surface area contributed by atoms with Crippen molar-refractivity contribution in [3.05, 3.63) is 0 Å². The number of hydrogen-bond donors (Lipinski definition) is 1. The average molecular weight is 282 g/mol. The molecule has 2 fully saturated rings. The number of amides is 1. The molecule has 5 heteroatoms. The molecular weight excluding hydrogens is 256 g/mol. The summed E-state index contributed by atoms with van der Waals surface area (Å²) in [5.41, 5.74) is 0. The minimum atomic E-state index is -0.266. The van der Waals surface area contributed by atoms with E-state index in [0.29, 0.717) is 31.0 Å². The Hall–Kier alpha value is -1.10. The highest BCUT2D eigenvalue weighted by Gasteiger charge is 2.34. The van der Waals surface area contributed by atoms with Crippen molar-refractivity contribution in [3.63, 3.8) is 0 Å². The van der Waals surface area contributed by atoms with Crippen molar-refractivity contribution in [1.82, 2.24) is 10.2 Å². The molecule has 2 bridgehead atoms. The number of hydrogen-bond acceptors (Lipinski definition) is 4. The smallest absolute Gasteiger partial charge is 0.310 e. The molecule has 3 atom stereocenters. The van der Waals surface area contributed by atoms with Gasteiger partial charge in [-0.3, -0.25) is 9.59 Å². The fourth-order valence-electron chi connectivity index (χ4n) is 3.53. The SMILES string of the molecule is COC(=O)C(C)CN(C)C(=O)CC1CC2CCC(C1)N2. The van der Waals surface area contributed by atoms with E-state index in [2.05, 4.69) is 5.32 Å². The van der Waals surface area contributed by atoms with E-state index in [-0.39, 0.29) is 17.8 Å². The van der Waals surface area contributed by atoms with Crippen LogP contribution in [-0.4, -0.2) is 49.6 Å². The van der Waals surface area contributed by atoms with Crippen LogP contribution in [0.3, 0.4) is 0 Å². The first-order valence-corrected chi connectivity index (χ1v) is 7.57. The molecule has 2 saturated heterocycles. The van der Waals surface area contributed by atoms with Gasteiger partial charge in [0.05, 0.1) is 13.0 Å². The topological polar surface area (TPSA) is 58.6 Å². The van der Waals surface area contributed by atoms with Crippen LogP contribution in [0.5, 0.6) is 0 Å². The van der Waals surface area contributed by atoms with E-state index in [4.69, 9.17) is 4.74 Å². The molecule has 0 radical (unpaired) electrons. The Balaban J connectivity index is 1.77. The van der Waals surface area contributed by atoms with Gasteiger partial charge < -0.3 is 15.0 Å². The van der Waals surface area contributed by atoms with Gasteiger partial charge in [-0.05, 0) is 31.6 Å². The van der Waals surface area contributed by atoms with E-state index in [1.165, 1.54) is 20.0 Å². The molecule has 2 rings (SSSR count). The van der Waals surface area contributed by atoms with E-state index in [1.54, 1.807) is 18.9 Å². The van der Waals surface area contributed by atoms with E-state index in [1.807, 2.05) is 0 Å². The van der Waals surface area contributed by atoms with Crippen LogP contribution >= 0.6 is 0 Å². The van der Waals surface area contributed by atoms with Gasteiger partial charge in [0.25, 0.3) is 0 Å². The molecule has 2 aliphatic heterocycles. The third-order valence-electron chi connectivity index (χ3n) is 4.61. The first-order chi connectivity index (χ1) is 9.49. The minimum Gasteiger partial charge on any atom is -0.469 e. The quantitative estimate of drug-likeness (QED) is 0.769. The fraction of sp³-hybridized carbons (Fsp3) is 0.867. The molecule has 114 valence electrons. The van der Waals surface area contributed by atoms with Crippen LogP contribution in [0.2, 0.25) is 0 Å². The maximum atomic E-state index is 12.2. The van der Waals surface area contributed by atoms with Crippen LogP contribution in [0.15, 0.2) is 0 Å². The van der Waals surface area contributed by atoms with Crippen molar-refractivity contribution in [3.8, 4) is 0 Å². The molecule has 1 N–H and O–H groups in total. The molecule has 2 aliphatic rings. The van der Waals surface area contributed by atoms with E-state index < -0.39 is 0 Å². The zero-order valence-corrected chi connectivity index (χ0v) is 12.7. The second-order valence-corrected chi connectivity index (χ2v) is 6.38. The Morgan fingerprint density at radius 2 is 1.90 bits per heavy atom. The number of carbonyl (C=O) groups excluding carboxylic acids is 2. The highest BCUT2D eigenvalue weighted by molar-refractivity contribution is 5.78. The van der Waals surface area contributed by atoms with Gasteiger partial charge in [-0.15, -0.1) is 0 Å². The molecule has 0 spiro atoms. The zero-order chi connectivity index (χ0) is 14.7. The number of fused-ring (bicyclic) bond motifs is 2. The van der Waals surface area contributed by atoms with Crippen molar-refractivity contribution in [2.75, 3.05) is 20.7 Å². The molecule has 20 heavy (non-hydrogen) atoms. The Morgan fingerprint density at radius 3 is 2.45 bits per heavy atom. The van der Waals surface area contributed by atoms with Crippen LogP contribution in [-0.2, 0) is 14.3 Å². The summed E-state index contributed by atoms with van der Waals surface area (Å²) in [5.74, 6) is 0.117. The summed E-state index contributed by atoms with van der Waals surface area (Å²) in [4.78, 5) is 25.3. The lowest BCUT2D eigenvalue weighted by atomic mass is 9.89. The summed E-state index contributed by atoms with van der Waals surface area (Å²) < 4.78 is 4.69. The Bertz CT molecular complexity index is 360. The van der Waals surface area contributed by atoms with Crippen molar-refractivity contribution in [2.45, 2.75) is 51.1 Å². The molecule has 3 unspecified atom stereocenters. The lowest BCUT2D eigenvalue weighted by Crippen LogP contribution is -2.41. The number of ether oxygens (including phenoxy) is 1. The maximum absolute atomic E-state index is 12.2. The summed E-state index contributed by atoms with van der Waals surface area (Å²) in [6.07, 6.45) is 5.35. The number of nitrogens with zero attached hydrogens (tertiary/aromatic N) is 1. The Kier molecular flexibility index (Phi) is 5.02. The van der Waals surface area contributed by atoms with Gasteiger partial charge in [0.1, 0.15) is 0 Å². The summed E-state index contributed by atoms with van der Waals surface area (Å²) in [7, 11) is 3.16. The number of piperidine rings is 1. The molecular formula is C15H26N2O3. The predicted molar refractivity (Wildman–Crippen MR) is 76.1 cm³/mol. The normalized spacial score (nSPS) is 29.9. The van der Waals surface area contributed by atoms with Gasteiger partial charge in [-0.2, -0.15) is 0 Å². The van der Waals surface area contributed by atoms with Crippen molar-refractivity contribution in [2.24, 2.45) is 11.8 Å². The Morgan fingerprint density at radius 1 is 1.30 bits per heavy atom. The summed E-state index contributed by atoms with van der Waals surface area (Å²) in [5, 5.41) is 3.59. The molecule has 0 saturated carbocycles. The highest BCUT2D eigenvalue weighted by Crippen LogP contribution is 2.32. The van der Waals surface area contributed by atoms with Crippen LogP contribution in [0, 0.1) is 11.8 Å². The minimum absolute atomic E-state index is 0.145. The summed E-state index contributed by atoms with van der Waals surface area (Å²) >= 11 is 0. The molecule has 1 amide bonds. The van der Waals surface area contributed by atoms with E-state index in [9.17, 15) is 9.59 Å². The number of methoxy groups -OCH3 is 1. The van der Waals surface area contributed by atoms with Crippen LogP contribution in [0.25, 0.3) is 0 Å². The second kappa shape index (κ2) is 6.57. The number of esters is 1. The maximum Gasteiger partial charge on any atom is 0.310 e. The zero-order valence-electron chi connectivity index (χ0n) is 12.7. The largest absolute Gasteiger partial charge is 0.469 e. The van der Waals surface area contributed by atoms with Gasteiger partial charge in [0, 0.05) is 32.1 Å². The first-order valence-electron chi connectivity index (χ1n) is 7.57. The summed E-state index contributed by atoms with van der Waals surface area (Å²) in [6, 6.07) is 1.23. The third kappa shape index (κ3) is 3.72. The Labute approximate surface area is 121 Å². The van der Waals surface area contributed by atoms with Gasteiger partial charge in [-0.1, -0.05) is 6.92 Å². The number of carbonyl (C=O) groups is 2. The van der Waals surface area contributed by atoms with E-state index in [0.717, 1.165) is 12.8 Å². The number of rotatable bonds is 5. The molecule has 0 aliphatic carbocycles.